The van der Waals surface area contributed by atoms with Gasteiger partial charge in [0, 0.05) is 24.7 Å². The van der Waals surface area contributed by atoms with Crippen LogP contribution in [0.3, 0.4) is 0 Å². The van der Waals surface area contributed by atoms with Crippen LogP contribution in [0.25, 0.3) is 0 Å². The average Bonchev–Trinajstić information content (AvgIpc) is 2.47. The maximum atomic E-state index is 11.7. The molecule has 4 heteroatoms. The van der Waals surface area contributed by atoms with Crippen molar-refractivity contribution in [2.45, 2.75) is 25.6 Å². The fourth-order valence-corrected chi connectivity index (χ4v) is 2.77. The van der Waals surface area contributed by atoms with Gasteiger partial charge in [-0.25, -0.2) is 0 Å². The normalized spacial score (nSPS) is 16.4. The number of alkyl halides is 1. The highest BCUT2D eigenvalue weighted by Gasteiger charge is 2.26. The van der Waals surface area contributed by atoms with Gasteiger partial charge in [0.05, 0.1) is 12.5 Å². The predicted molar refractivity (Wildman–Crippen MR) is 77.6 cm³/mol. The van der Waals surface area contributed by atoms with Gasteiger partial charge in [0.25, 0.3) is 0 Å². The van der Waals surface area contributed by atoms with Gasteiger partial charge in [-0.1, -0.05) is 18.2 Å². The molecule has 0 aliphatic carbocycles. The second-order valence-corrected chi connectivity index (χ2v) is 5.04. The molecule has 0 radical (unpaired) electrons. The van der Waals surface area contributed by atoms with Crippen molar-refractivity contribution in [3.05, 3.63) is 29.8 Å². The second-order valence-electron chi connectivity index (χ2n) is 4.78. The Morgan fingerprint density at radius 3 is 2.68 bits per heavy atom. The Morgan fingerprint density at radius 2 is 2.05 bits per heavy atom. The topological polar surface area (TPSA) is 29.5 Å². The lowest BCUT2D eigenvalue weighted by Gasteiger charge is -2.33. The molecule has 0 N–H and O–H groups in total. The molecule has 0 amide bonds. The third kappa shape index (κ3) is 3.41. The molecule has 104 valence electrons. The fraction of sp³-hybridized carbons (Fsp3) is 0.533. The molecule has 0 bridgehead atoms. The van der Waals surface area contributed by atoms with E-state index >= 15 is 0 Å². The van der Waals surface area contributed by atoms with Gasteiger partial charge in [-0.3, -0.25) is 4.79 Å². The van der Waals surface area contributed by atoms with Crippen molar-refractivity contribution >= 4 is 23.3 Å². The van der Waals surface area contributed by atoms with Crippen LogP contribution in [0.5, 0.6) is 0 Å². The molecular weight excluding hydrogens is 262 g/mol. The van der Waals surface area contributed by atoms with Crippen molar-refractivity contribution in [1.82, 2.24) is 0 Å². The summed E-state index contributed by atoms with van der Waals surface area (Å²) in [5.41, 5.74) is 2.35. The quantitative estimate of drug-likeness (QED) is 0.627. The van der Waals surface area contributed by atoms with E-state index < -0.39 is 0 Å². The number of halogens is 1. The van der Waals surface area contributed by atoms with E-state index in [0.717, 1.165) is 31.5 Å². The lowest BCUT2D eigenvalue weighted by molar-refractivity contribution is -0.148. The first-order valence-corrected chi connectivity index (χ1v) is 7.35. The summed E-state index contributed by atoms with van der Waals surface area (Å²) in [4.78, 5) is 14.0. The van der Waals surface area contributed by atoms with Crippen molar-refractivity contribution < 1.29 is 9.53 Å². The van der Waals surface area contributed by atoms with Crippen LogP contribution in [0.1, 0.15) is 25.3 Å². The predicted octanol–water partition coefficient (Wildman–Crippen LogP) is 3.20. The summed E-state index contributed by atoms with van der Waals surface area (Å²) in [6, 6.07) is 8.19. The molecule has 0 atom stereocenters. The summed E-state index contributed by atoms with van der Waals surface area (Å²) < 4.78 is 5.09. The minimum absolute atomic E-state index is 0.0484. The maximum Gasteiger partial charge on any atom is 0.309 e. The first-order chi connectivity index (χ1) is 9.26. The van der Waals surface area contributed by atoms with Crippen molar-refractivity contribution in [1.29, 1.82) is 0 Å². The zero-order valence-corrected chi connectivity index (χ0v) is 12.0. The van der Waals surface area contributed by atoms with Crippen LogP contribution in [0.15, 0.2) is 24.3 Å². The highest BCUT2D eigenvalue weighted by atomic mass is 35.5. The van der Waals surface area contributed by atoms with Gasteiger partial charge in [-0.05, 0) is 31.4 Å². The van der Waals surface area contributed by atoms with Crippen LogP contribution in [0.2, 0.25) is 0 Å². The number of hydrogen-bond acceptors (Lipinski definition) is 3. The van der Waals surface area contributed by atoms with Crippen LogP contribution in [0, 0.1) is 5.92 Å². The average molecular weight is 282 g/mol. The molecule has 2 rings (SSSR count). The first kappa shape index (κ1) is 14.2. The Hall–Kier alpha value is -1.22. The fourth-order valence-electron chi connectivity index (χ4n) is 2.55. The van der Waals surface area contributed by atoms with Crippen molar-refractivity contribution in [2.75, 3.05) is 24.6 Å². The Labute approximate surface area is 119 Å². The van der Waals surface area contributed by atoms with Gasteiger partial charge < -0.3 is 9.64 Å². The van der Waals surface area contributed by atoms with E-state index in [9.17, 15) is 4.79 Å². The van der Waals surface area contributed by atoms with E-state index in [1.54, 1.807) is 0 Å². The van der Waals surface area contributed by atoms with E-state index in [0.29, 0.717) is 12.5 Å². The third-order valence-electron chi connectivity index (χ3n) is 3.59. The highest BCUT2D eigenvalue weighted by molar-refractivity contribution is 6.17. The number of nitrogens with zero attached hydrogens (tertiary/aromatic N) is 1. The van der Waals surface area contributed by atoms with Gasteiger partial charge in [-0.2, -0.15) is 0 Å². The molecule has 1 heterocycles. The number of carbonyl (C=O) groups is 1. The van der Waals surface area contributed by atoms with Crippen LogP contribution in [-0.2, 0) is 15.4 Å². The number of anilines is 1. The number of ether oxygens (including phenoxy) is 1. The van der Waals surface area contributed by atoms with Crippen molar-refractivity contribution in [3.8, 4) is 0 Å². The summed E-state index contributed by atoms with van der Waals surface area (Å²) >= 11 is 5.97. The van der Waals surface area contributed by atoms with Crippen LogP contribution < -0.4 is 4.90 Å². The second kappa shape index (κ2) is 6.80. The Balaban J connectivity index is 1.98. The van der Waals surface area contributed by atoms with Gasteiger partial charge in [0.2, 0.25) is 0 Å². The summed E-state index contributed by atoms with van der Waals surface area (Å²) in [5, 5.41) is 0. The number of benzene rings is 1. The molecule has 0 saturated carbocycles. The third-order valence-corrected chi connectivity index (χ3v) is 3.88. The molecule has 0 spiro atoms. The molecule has 0 aromatic heterocycles. The first-order valence-electron chi connectivity index (χ1n) is 6.81. The van der Waals surface area contributed by atoms with E-state index in [2.05, 4.69) is 17.0 Å². The molecule has 1 aromatic rings. The molecule has 19 heavy (non-hydrogen) atoms. The van der Waals surface area contributed by atoms with Crippen LogP contribution in [-0.4, -0.2) is 25.7 Å². The van der Waals surface area contributed by atoms with Gasteiger partial charge >= 0.3 is 5.97 Å². The summed E-state index contributed by atoms with van der Waals surface area (Å²) in [7, 11) is 0. The SMILES string of the molecule is CCOC(=O)C1CCN(c2ccccc2CCl)CC1. The lowest BCUT2D eigenvalue weighted by atomic mass is 9.96. The largest absolute Gasteiger partial charge is 0.466 e. The van der Waals surface area contributed by atoms with Crippen LogP contribution in [0.4, 0.5) is 5.69 Å². The number of esters is 1. The molecule has 1 saturated heterocycles. The molecular formula is C15H20ClNO2. The Morgan fingerprint density at radius 1 is 1.37 bits per heavy atom. The zero-order chi connectivity index (χ0) is 13.7. The molecule has 1 aliphatic rings. The number of piperidine rings is 1. The highest BCUT2D eigenvalue weighted by Crippen LogP contribution is 2.27. The van der Waals surface area contributed by atoms with E-state index in [4.69, 9.17) is 16.3 Å². The minimum atomic E-state index is -0.0484. The summed E-state index contributed by atoms with van der Waals surface area (Å²) in [5.74, 6) is 0.528. The Kier molecular flexibility index (Phi) is 5.08. The van der Waals surface area contributed by atoms with E-state index in [1.807, 2.05) is 19.1 Å². The molecule has 1 fully saturated rings. The minimum Gasteiger partial charge on any atom is -0.466 e. The van der Waals surface area contributed by atoms with Crippen LogP contribution >= 0.6 is 11.6 Å². The smallest absolute Gasteiger partial charge is 0.309 e. The number of para-hydroxylation sites is 1. The number of hydrogen-bond donors (Lipinski definition) is 0. The monoisotopic (exact) mass is 281 g/mol. The Bertz CT molecular complexity index is 428. The molecule has 3 nitrogen and oxygen atoms in total. The maximum absolute atomic E-state index is 11.7. The summed E-state index contributed by atoms with van der Waals surface area (Å²) in [6.45, 7) is 4.09. The van der Waals surface area contributed by atoms with Gasteiger partial charge in [0.1, 0.15) is 0 Å². The van der Waals surface area contributed by atoms with Crippen molar-refractivity contribution in [3.63, 3.8) is 0 Å². The van der Waals surface area contributed by atoms with Gasteiger partial charge in [0.15, 0.2) is 0 Å². The van der Waals surface area contributed by atoms with E-state index in [1.165, 1.54) is 5.69 Å². The lowest BCUT2D eigenvalue weighted by Crippen LogP contribution is -2.37. The molecule has 0 unspecified atom stereocenters. The summed E-state index contributed by atoms with van der Waals surface area (Å²) in [6.07, 6.45) is 1.71. The standard InChI is InChI=1S/C15H20ClNO2/c1-2-19-15(18)12-7-9-17(10-8-12)14-6-4-3-5-13(14)11-16/h3-6,12H,2,7-11H2,1H3. The van der Waals surface area contributed by atoms with Gasteiger partial charge in [-0.15, -0.1) is 11.6 Å². The van der Waals surface area contributed by atoms with Crippen molar-refractivity contribution in [2.24, 2.45) is 5.92 Å². The number of carbonyl (C=O) groups excluding carboxylic acids is 1. The van der Waals surface area contributed by atoms with E-state index in [-0.39, 0.29) is 11.9 Å². The molecule has 1 aliphatic heterocycles. The zero-order valence-electron chi connectivity index (χ0n) is 11.3. The molecule has 1 aromatic carbocycles. The number of rotatable bonds is 4.